The topological polar surface area (TPSA) is 59.1 Å². The first kappa shape index (κ1) is 17.3. The molecule has 3 N–H and O–H groups in total. The van der Waals surface area contributed by atoms with Crippen LogP contribution in [0.25, 0.3) is 0 Å². The highest BCUT2D eigenvalue weighted by Gasteiger charge is 2.30. The Bertz CT molecular complexity index is 409. The van der Waals surface area contributed by atoms with Crippen LogP contribution in [0.15, 0.2) is 23.4 Å². The highest BCUT2D eigenvalue weighted by Crippen LogP contribution is 2.31. The Hall–Kier alpha value is -0.790. The fourth-order valence-corrected chi connectivity index (χ4v) is 2.66. The zero-order valence-corrected chi connectivity index (χ0v) is 12.2. The minimum atomic E-state index is -4.39. The molecule has 114 valence electrons. The molecule has 0 fully saturated rings. The summed E-state index contributed by atoms with van der Waals surface area (Å²) in [5, 5.41) is 9.50. The fourth-order valence-electron chi connectivity index (χ4n) is 1.73. The smallest absolute Gasteiger partial charge is 0.395 e. The number of aromatic nitrogens is 1. The Balaban J connectivity index is 2.71. The number of alkyl halides is 3. The maximum absolute atomic E-state index is 12.4. The maximum Gasteiger partial charge on any atom is 0.417 e. The first-order valence-corrected chi connectivity index (χ1v) is 7.18. The number of aliphatic hydroxyl groups is 1. The van der Waals surface area contributed by atoms with Crippen LogP contribution in [0.4, 0.5) is 13.2 Å². The van der Waals surface area contributed by atoms with Crippen molar-refractivity contribution in [2.24, 2.45) is 11.7 Å². The number of pyridine rings is 1. The van der Waals surface area contributed by atoms with Gasteiger partial charge in [-0.3, -0.25) is 0 Å². The maximum atomic E-state index is 12.4. The second-order valence-electron chi connectivity index (χ2n) is 5.02. The first-order chi connectivity index (χ1) is 9.24. The van der Waals surface area contributed by atoms with Gasteiger partial charge in [0.1, 0.15) is 0 Å². The number of nitrogens with two attached hydrogens (primary N) is 1. The minimum absolute atomic E-state index is 0.138. The summed E-state index contributed by atoms with van der Waals surface area (Å²) >= 11 is 1.20. The van der Waals surface area contributed by atoms with Gasteiger partial charge in [-0.05, 0) is 24.5 Å². The van der Waals surface area contributed by atoms with Gasteiger partial charge in [-0.2, -0.15) is 13.2 Å². The van der Waals surface area contributed by atoms with Crippen LogP contribution in [0.5, 0.6) is 0 Å². The van der Waals surface area contributed by atoms with E-state index in [-0.39, 0.29) is 17.9 Å². The predicted octanol–water partition coefficient (Wildman–Crippen LogP) is 2.93. The van der Waals surface area contributed by atoms with Crippen LogP contribution in [0.1, 0.15) is 25.8 Å². The SMILES string of the molecule is CC(C)CC(N)C(CO)Sc1ccc(C(F)(F)F)cn1. The highest BCUT2D eigenvalue weighted by atomic mass is 32.2. The second kappa shape index (κ2) is 7.28. The van der Waals surface area contributed by atoms with Gasteiger partial charge >= 0.3 is 6.18 Å². The number of hydrogen-bond acceptors (Lipinski definition) is 4. The summed E-state index contributed by atoms with van der Waals surface area (Å²) in [4.78, 5) is 3.77. The monoisotopic (exact) mass is 308 g/mol. The summed E-state index contributed by atoms with van der Waals surface area (Å²) in [5.74, 6) is 0.389. The summed E-state index contributed by atoms with van der Waals surface area (Å²) in [7, 11) is 0. The van der Waals surface area contributed by atoms with Gasteiger partial charge in [0, 0.05) is 17.5 Å². The molecule has 0 radical (unpaired) electrons. The lowest BCUT2D eigenvalue weighted by Crippen LogP contribution is -2.36. The van der Waals surface area contributed by atoms with Crippen molar-refractivity contribution in [2.45, 2.75) is 42.8 Å². The van der Waals surface area contributed by atoms with E-state index in [1.807, 2.05) is 13.8 Å². The van der Waals surface area contributed by atoms with E-state index in [1.165, 1.54) is 17.8 Å². The van der Waals surface area contributed by atoms with Gasteiger partial charge in [0.2, 0.25) is 0 Å². The van der Waals surface area contributed by atoms with E-state index in [0.717, 1.165) is 18.7 Å². The lowest BCUT2D eigenvalue weighted by Gasteiger charge is -2.22. The molecule has 0 saturated carbocycles. The number of thioether (sulfide) groups is 1. The van der Waals surface area contributed by atoms with E-state index >= 15 is 0 Å². The molecule has 0 saturated heterocycles. The molecule has 20 heavy (non-hydrogen) atoms. The molecule has 0 aromatic carbocycles. The van der Waals surface area contributed by atoms with Gasteiger partial charge < -0.3 is 10.8 Å². The van der Waals surface area contributed by atoms with Crippen molar-refractivity contribution in [2.75, 3.05) is 6.61 Å². The molecule has 0 aliphatic heterocycles. The third-order valence-corrected chi connectivity index (χ3v) is 4.02. The van der Waals surface area contributed by atoms with Gasteiger partial charge in [-0.1, -0.05) is 25.6 Å². The molecule has 0 aliphatic rings. The molecule has 0 amide bonds. The van der Waals surface area contributed by atoms with E-state index in [9.17, 15) is 18.3 Å². The van der Waals surface area contributed by atoms with Crippen molar-refractivity contribution >= 4 is 11.8 Å². The van der Waals surface area contributed by atoms with Gasteiger partial charge in [0.25, 0.3) is 0 Å². The molecule has 0 spiro atoms. The average Bonchev–Trinajstić information content (AvgIpc) is 2.34. The molecule has 0 aliphatic carbocycles. The molecular formula is C13H19F3N2OS. The van der Waals surface area contributed by atoms with Crippen LogP contribution in [0, 0.1) is 5.92 Å². The van der Waals surface area contributed by atoms with Crippen LogP contribution in [-0.2, 0) is 6.18 Å². The lowest BCUT2D eigenvalue weighted by atomic mass is 10.0. The summed E-state index contributed by atoms with van der Waals surface area (Å²) < 4.78 is 37.2. The van der Waals surface area contributed by atoms with Crippen molar-refractivity contribution in [3.8, 4) is 0 Å². The molecule has 3 nitrogen and oxygen atoms in total. The fraction of sp³-hybridized carbons (Fsp3) is 0.615. The molecular weight excluding hydrogens is 289 g/mol. The van der Waals surface area contributed by atoms with E-state index in [4.69, 9.17) is 5.73 Å². The predicted molar refractivity (Wildman–Crippen MR) is 73.4 cm³/mol. The van der Waals surface area contributed by atoms with Gasteiger partial charge in [-0.25, -0.2) is 4.98 Å². The van der Waals surface area contributed by atoms with E-state index < -0.39 is 11.7 Å². The van der Waals surface area contributed by atoms with Gasteiger partial charge in [-0.15, -0.1) is 0 Å². The van der Waals surface area contributed by atoms with Crippen LogP contribution >= 0.6 is 11.8 Å². The number of nitrogens with zero attached hydrogens (tertiary/aromatic N) is 1. The van der Waals surface area contributed by atoms with Crippen molar-refractivity contribution < 1.29 is 18.3 Å². The molecule has 2 atom stereocenters. The third-order valence-electron chi connectivity index (χ3n) is 2.74. The molecule has 1 rings (SSSR count). The normalized spacial score (nSPS) is 15.4. The number of hydrogen-bond donors (Lipinski definition) is 2. The number of halogens is 3. The summed E-state index contributed by atoms with van der Waals surface area (Å²) in [6.45, 7) is 3.91. The molecule has 1 aromatic rings. The van der Waals surface area contributed by atoms with E-state index in [2.05, 4.69) is 4.98 Å². The van der Waals surface area contributed by atoms with Crippen LogP contribution in [0.2, 0.25) is 0 Å². The van der Waals surface area contributed by atoms with Gasteiger partial charge in [0.05, 0.1) is 17.2 Å². The third kappa shape index (κ3) is 5.30. The van der Waals surface area contributed by atoms with Crippen LogP contribution < -0.4 is 5.73 Å². The van der Waals surface area contributed by atoms with Gasteiger partial charge in [0.15, 0.2) is 0 Å². The van der Waals surface area contributed by atoms with Crippen LogP contribution in [0.3, 0.4) is 0 Å². The summed E-state index contributed by atoms with van der Waals surface area (Å²) in [6.07, 6.45) is -2.86. The Kier molecular flexibility index (Phi) is 6.29. The molecule has 1 aromatic heterocycles. The first-order valence-electron chi connectivity index (χ1n) is 6.30. The van der Waals surface area contributed by atoms with Crippen molar-refractivity contribution in [1.82, 2.24) is 4.98 Å². The molecule has 1 heterocycles. The molecule has 0 bridgehead atoms. The summed E-state index contributed by atoms with van der Waals surface area (Å²) in [5.41, 5.74) is 5.20. The van der Waals surface area contributed by atoms with E-state index in [1.54, 1.807) is 0 Å². The quantitative estimate of drug-likeness (QED) is 0.793. The lowest BCUT2D eigenvalue weighted by molar-refractivity contribution is -0.137. The number of rotatable bonds is 6. The summed E-state index contributed by atoms with van der Waals surface area (Å²) in [6, 6.07) is 2.06. The van der Waals surface area contributed by atoms with Crippen molar-refractivity contribution in [3.05, 3.63) is 23.9 Å². The van der Waals surface area contributed by atoms with Crippen molar-refractivity contribution in [3.63, 3.8) is 0 Å². The van der Waals surface area contributed by atoms with E-state index in [0.29, 0.717) is 10.9 Å². The average molecular weight is 308 g/mol. The zero-order valence-electron chi connectivity index (χ0n) is 11.4. The van der Waals surface area contributed by atoms with Crippen LogP contribution in [-0.4, -0.2) is 28.0 Å². The standard InChI is InChI=1S/C13H19F3N2OS/c1-8(2)5-10(17)11(7-19)20-12-4-3-9(6-18-12)13(14,15)16/h3-4,6,8,10-11,19H,5,7,17H2,1-2H3. The molecule has 7 heteroatoms. The Morgan fingerprint density at radius 1 is 1.35 bits per heavy atom. The zero-order chi connectivity index (χ0) is 15.3. The van der Waals surface area contributed by atoms with Crippen molar-refractivity contribution in [1.29, 1.82) is 0 Å². The molecule has 2 unspecified atom stereocenters. The highest BCUT2D eigenvalue weighted by molar-refractivity contribution is 7.99. The second-order valence-corrected chi connectivity index (χ2v) is 6.27. The Labute approximate surface area is 120 Å². The minimum Gasteiger partial charge on any atom is -0.395 e. The Morgan fingerprint density at radius 3 is 2.40 bits per heavy atom. The largest absolute Gasteiger partial charge is 0.417 e. The Morgan fingerprint density at radius 2 is 2.00 bits per heavy atom. The number of aliphatic hydroxyl groups excluding tert-OH is 1.